The van der Waals surface area contributed by atoms with E-state index in [1.165, 1.54) is 24.3 Å². The highest BCUT2D eigenvalue weighted by atomic mass is 19.1. The van der Waals surface area contributed by atoms with E-state index in [9.17, 15) is 14.0 Å². The van der Waals surface area contributed by atoms with Crippen LogP contribution in [-0.4, -0.2) is 25.0 Å². The highest BCUT2D eigenvalue weighted by molar-refractivity contribution is 5.97. The molecule has 2 aromatic rings. The van der Waals surface area contributed by atoms with Gasteiger partial charge in [-0.05, 0) is 54.4 Å². The van der Waals surface area contributed by atoms with Crippen molar-refractivity contribution < 1.29 is 18.7 Å². The second-order valence-electron chi connectivity index (χ2n) is 5.48. The zero-order valence-corrected chi connectivity index (χ0v) is 13.0. The maximum absolute atomic E-state index is 12.8. The predicted octanol–water partition coefficient (Wildman–Crippen LogP) is 2.52. The molecule has 0 atom stereocenters. The van der Waals surface area contributed by atoms with Crippen LogP contribution in [0.5, 0.6) is 5.75 Å². The summed E-state index contributed by atoms with van der Waals surface area (Å²) in [6.07, 6.45) is 1.07. The van der Waals surface area contributed by atoms with Crippen molar-refractivity contribution in [3.05, 3.63) is 59.4 Å². The van der Waals surface area contributed by atoms with Crippen molar-refractivity contribution in [2.45, 2.75) is 12.8 Å². The molecule has 1 heterocycles. The summed E-state index contributed by atoms with van der Waals surface area (Å²) in [7, 11) is 0. The number of hydrogen-bond acceptors (Lipinski definition) is 3. The van der Waals surface area contributed by atoms with Crippen LogP contribution in [0, 0.1) is 5.82 Å². The quantitative estimate of drug-likeness (QED) is 0.829. The lowest BCUT2D eigenvalue weighted by atomic mass is 10.00. The van der Waals surface area contributed by atoms with Crippen LogP contribution < -0.4 is 15.4 Å². The Morgan fingerprint density at radius 2 is 1.96 bits per heavy atom. The van der Waals surface area contributed by atoms with Gasteiger partial charge in [0, 0.05) is 17.7 Å². The fraction of sp³-hybridized carbons (Fsp3) is 0.222. The summed E-state index contributed by atoms with van der Waals surface area (Å²) in [5, 5.41) is 5.55. The lowest BCUT2D eigenvalue weighted by Gasteiger charge is -2.17. The van der Waals surface area contributed by atoms with Gasteiger partial charge in [-0.25, -0.2) is 4.39 Å². The molecule has 0 aromatic heterocycles. The first-order valence-corrected chi connectivity index (χ1v) is 7.71. The van der Waals surface area contributed by atoms with Gasteiger partial charge in [-0.2, -0.15) is 0 Å². The number of hydrogen-bond donors (Lipinski definition) is 2. The molecule has 24 heavy (non-hydrogen) atoms. The zero-order chi connectivity index (χ0) is 16.9. The second kappa shape index (κ2) is 7.12. The number of halogens is 1. The third-order valence-electron chi connectivity index (χ3n) is 3.73. The topological polar surface area (TPSA) is 67.4 Å². The van der Waals surface area contributed by atoms with Crippen LogP contribution in [-0.2, 0) is 11.2 Å². The van der Waals surface area contributed by atoms with Crippen molar-refractivity contribution in [2.75, 3.05) is 18.5 Å². The minimum atomic E-state index is -0.320. The number of anilines is 1. The van der Waals surface area contributed by atoms with E-state index in [1.807, 2.05) is 0 Å². The first kappa shape index (κ1) is 16.0. The van der Waals surface area contributed by atoms with Gasteiger partial charge < -0.3 is 15.4 Å². The third kappa shape index (κ3) is 3.90. The summed E-state index contributed by atoms with van der Waals surface area (Å²) in [4.78, 5) is 23.5. The van der Waals surface area contributed by atoms with E-state index in [2.05, 4.69) is 10.6 Å². The molecule has 2 aromatic carbocycles. The zero-order valence-electron chi connectivity index (χ0n) is 13.0. The van der Waals surface area contributed by atoms with Gasteiger partial charge in [0.2, 0.25) is 5.91 Å². The number of carbonyl (C=O) groups is 2. The normalized spacial score (nSPS) is 13.0. The van der Waals surface area contributed by atoms with E-state index in [4.69, 9.17) is 4.74 Å². The number of nitrogens with one attached hydrogen (secondary N) is 2. The largest absolute Gasteiger partial charge is 0.492 e. The van der Waals surface area contributed by atoms with Crippen molar-refractivity contribution in [2.24, 2.45) is 0 Å². The number of ether oxygens (including phenoxy) is 1. The molecular weight excluding hydrogens is 311 g/mol. The number of fused-ring (bicyclic) bond motifs is 1. The molecule has 124 valence electrons. The molecule has 0 fully saturated rings. The predicted molar refractivity (Wildman–Crippen MR) is 87.6 cm³/mol. The van der Waals surface area contributed by atoms with Crippen LogP contribution in [0.2, 0.25) is 0 Å². The van der Waals surface area contributed by atoms with E-state index in [1.54, 1.807) is 18.2 Å². The van der Waals surface area contributed by atoms with Crippen LogP contribution in [0.4, 0.5) is 10.1 Å². The molecule has 6 heteroatoms. The van der Waals surface area contributed by atoms with Gasteiger partial charge >= 0.3 is 0 Å². The Bertz CT molecular complexity index is 759. The Morgan fingerprint density at radius 1 is 1.17 bits per heavy atom. The van der Waals surface area contributed by atoms with E-state index in [0.717, 1.165) is 11.3 Å². The van der Waals surface area contributed by atoms with E-state index >= 15 is 0 Å². The highest BCUT2D eigenvalue weighted by Gasteiger charge is 2.16. The van der Waals surface area contributed by atoms with Gasteiger partial charge in [0.1, 0.15) is 18.2 Å². The van der Waals surface area contributed by atoms with Crippen molar-refractivity contribution >= 4 is 17.5 Å². The molecule has 3 rings (SSSR count). The molecule has 2 N–H and O–H groups in total. The minimum Gasteiger partial charge on any atom is -0.492 e. The van der Waals surface area contributed by atoms with Crippen LogP contribution in [0.1, 0.15) is 22.3 Å². The number of rotatable bonds is 5. The second-order valence-corrected chi connectivity index (χ2v) is 5.48. The average Bonchev–Trinajstić information content (AvgIpc) is 2.59. The summed E-state index contributed by atoms with van der Waals surface area (Å²) in [5.41, 5.74) is 2.28. The molecule has 0 saturated heterocycles. The molecule has 0 bridgehead atoms. The summed E-state index contributed by atoms with van der Waals surface area (Å²) < 4.78 is 18.2. The summed E-state index contributed by atoms with van der Waals surface area (Å²) >= 11 is 0. The van der Waals surface area contributed by atoms with Gasteiger partial charge in [0.05, 0.1) is 6.54 Å². The molecule has 0 unspecified atom stereocenters. The molecular formula is C18H17FN2O3. The maximum atomic E-state index is 12.8. The lowest BCUT2D eigenvalue weighted by Crippen LogP contribution is -2.28. The maximum Gasteiger partial charge on any atom is 0.251 e. The average molecular weight is 328 g/mol. The van der Waals surface area contributed by atoms with Gasteiger partial charge in [-0.15, -0.1) is 0 Å². The van der Waals surface area contributed by atoms with Crippen molar-refractivity contribution in [3.8, 4) is 5.75 Å². The van der Waals surface area contributed by atoms with Crippen LogP contribution in [0.3, 0.4) is 0 Å². The SMILES string of the molecule is O=C1CCc2cc(C(=O)NCCOc3ccc(F)cc3)ccc2N1. The summed E-state index contributed by atoms with van der Waals surface area (Å²) in [5.74, 6) is 0.0319. The van der Waals surface area contributed by atoms with Gasteiger partial charge in [0.25, 0.3) is 5.91 Å². The molecule has 0 spiro atoms. The van der Waals surface area contributed by atoms with Crippen LogP contribution in [0.25, 0.3) is 0 Å². The smallest absolute Gasteiger partial charge is 0.251 e. The molecule has 2 amide bonds. The molecule has 0 saturated carbocycles. The first-order valence-electron chi connectivity index (χ1n) is 7.71. The third-order valence-corrected chi connectivity index (χ3v) is 3.73. The highest BCUT2D eigenvalue weighted by Crippen LogP contribution is 2.23. The summed E-state index contributed by atoms with van der Waals surface area (Å²) in [6.45, 7) is 0.627. The van der Waals surface area contributed by atoms with Gasteiger partial charge in [-0.1, -0.05) is 0 Å². The monoisotopic (exact) mass is 328 g/mol. The summed E-state index contributed by atoms with van der Waals surface area (Å²) in [6, 6.07) is 10.9. The Morgan fingerprint density at radius 3 is 2.75 bits per heavy atom. The lowest BCUT2D eigenvalue weighted by molar-refractivity contribution is -0.116. The standard InChI is InChI=1S/C18H17FN2O3/c19-14-3-5-15(6-4-14)24-10-9-20-18(23)13-1-7-16-12(11-13)2-8-17(22)21-16/h1,3-7,11H,2,8-10H2,(H,20,23)(H,21,22). The number of carbonyl (C=O) groups excluding carboxylic acids is 2. The Balaban J connectivity index is 1.50. The van der Waals surface area contributed by atoms with Gasteiger partial charge in [0.15, 0.2) is 0 Å². The molecule has 0 aliphatic carbocycles. The van der Waals surface area contributed by atoms with Crippen molar-refractivity contribution in [1.29, 1.82) is 0 Å². The Hall–Kier alpha value is -2.89. The van der Waals surface area contributed by atoms with Gasteiger partial charge in [-0.3, -0.25) is 9.59 Å². The number of amides is 2. The van der Waals surface area contributed by atoms with E-state index < -0.39 is 0 Å². The van der Waals surface area contributed by atoms with Crippen LogP contribution in [0.15, 0.2) is 42.5 Å². The number of benzene rings is 2. The Kier molecular flexibility index (Phi) is 4.74. The molecule has 5 nitrogen and oxygen atoms in total. The van der Waals surface area contributed by atoms with Crippen molar-refractivity contribution in [3.63, 3.8) is 0 Å². The van der Waals surface area contributed by atoms with Crippen LogP contribution >= 0.6 is 0 Å². The number of aryl methyl sites for hydroxylation is 1. The fourth-order valence-corrected chi connectivity index (χ4v) is 2.49. The Labute approximate surface area is 138 Å². The minimum absolute atomic E-state index is 0.00218. The molecule has 1 aliphatic rings. The van der Waals surface area contributed by atoms with E-state index in [-0.39, 0.29) is 17.6 Å². The molecule has 0 radical (unpaired) electrons. The molecule has 1 aliphatic heterocycles. The fourth-order valence-electron chi connectivity index (χ4n) is 2.49. The van der Waals surface area contributed by atoms with E-state index in [0.29, 0.717) is 37.3 Å². The first-order chi connectivity index (χ1) is 11.6. The van der Waals surface area contributed by atoms with Crippen molar-refractivity contribution in [1.82, 2.24) is 5.32 Å².